The third kappa shape index (κ3) is 4.36. The summed E-state index contributed by atoms with van der Waals surface area (Å²) in [7, 11) is 0. The fourth-order valence-corrected chi connectivity index (χ4v) is 2.88. The maximum absolute atomic E-state index is 14.0. The number of nitrogens with one attached hydrogen (secondary N) is 2. The van der Waals surface area contributed by atoms with Crippen LogP contribution in [0.2, 0.25) is 0 Å². The van der Waals surface area contributed by atoms with Crippen LogP contribution in [0.25, 0.3) is 0 Å². The van der Waals surface area contributed by atoms with E-state index >= 15 is 0 Å². The third-order valence-corrected chi connectivity index (χ3v) is 4.33. The van der Waals surface area contributed by atoms with E-state index in [1.807, 2.05) is 0 Å². The molecule has 1 fully saturated rings. The molecule has 134 valence electrons. The van der Waals surface area contributed by atoms with Gasteiger partial charge in [-0.2, -0.15) is 0 Å². The van der Waals surface area contributed by atoms with Crippen molar-refractivity contribution in [2.75, 3.05) is 19.7 Å². The van der Waals surface area contributed by atoms with Crippen molar-refractivity contribution in [2.24, 2.45) is 0 Å². The number of nitrogens with zero attached hydrogens (tertiary/aromatic N) is 1. The number of carbonyl (C=O) groups is 2. The molecular formula is C18H22FN3O3. The summed E-state index contributed by atoms with van der Waals surface area (Å²) in [5.41, 5.74) is 1.55. The second-order valence-corrected chi connectivity index (χ2v) is 6.21. The lowest BCUT2D eigenvalue weighted by Gasteiger charge is -2.28. The molecule has 25 heavy (non-hydrogen) atoms. The van der Waals surface area contributed by atoms with E-state index in [-0.39, 0.29) is 25.0 Å². The highest BCUT2D eigenvalue weighted by atomic mass is 19.1. The molecule has 0 radical (unpaired) electrons. The lowest BCUT2D eigenvalue weighted by atomic mass is 10.1. The van der Waals surface area contributed by atoms with Crippen LogP contribution in [-0.2, 0) is 16.1 Å². The van der Waals surface area contributed by atoms with Gasteiger partial charge in [0.1, 0.15) is 5.82 Å². The Bertz CT molecular complexity index is 701. The number of rotatable bonds is 7. The molecule has 7 heteroatoms. The van der Waals surface area contributed by atoms with Gasteiger partial charge < -0.3 is 15.4 Å². The van der Waals surface area contributed by atoms with Crippen molar-refractivity contribution in [3.63, 3.8) is 0 Å². The van der Waals surface area contributed by atoms with E-state index < -0.39 is 5.97 Å². The van der Waals surface area contributed by atoms with E-state index in [0.29, 0.717) is 36.0 Å². The van der Waals surface area contributed by atoms with Gasteiger partial charge in [-0.3, -0.25) is 4.90 Å². The Morgan fingerprint density at radius 2 is 2.08 bits per heavy atom. The number of ether oxygens (including phenoxy) is 1. The van der Waals surface area contributed by atoms with Crippen LogP contribution in [0, 0.1) is 5.82 Å². The van der Waals surface area contributed by atoms with Gasteiger partial charge in [0.15, 0.2) is 0 Å². The van der Waals surface area contributed by atoms with E-state index in [2.05, 4.69) is 15.5 Å². The number of halogens is 1. The molecule has 1 aliphatic heterocycles. The molecule has 1 heterocycles. The topological polar surface area (TPSA) is 70.7 Å². The molecule has 6 nitrogen and oxygen atoms in total. The van der Waals surface area contributed by atoms with Crippen LogP contribution in [0.1, 0.15) is 25.3 Å². The predicted octanol–water partition coefficient (Wildman–Crippen LogP) is 1.92. The van der Waals surface area contributed by atoms with Crippen LogP contribution >= 0.6 is 0 Å². The van der Waals surface area contributed by atoms with Gasteiger partial charge in [0.05, 0.1) is 18.7 Å². The van der Waals surface area contributed by atoms with Gasteiger partial charge in [-0.1, -0.05) is 18.2 Å². The second-order valence-electron chi connectivity index (χ2n) is 6.21. The molecule has 1 aromatic rings. The van der Waals surface area contributed by atoms with Crippen LogP contribution in [0.3, 0.4) is 0 Å². The predicted molar refractivity (Wildman–Crippen MR) is 90.0 cm³/mol. The zero-order chi connectivity index (χ0) is 17.8. The SMILES string of the molecule is CCOC(=O)C1=C(CN(Cc2ccccc2F)C2CC2)NC(=O)NC1. The van der Waals surface area contributed by atoms with Gasteiger partial charge in [0.2, 0.25) is 0 Å². The molecule has 0 aromatic heterocycles. The highest BCUT2D eigenvalue weighted by Crippen LogP contribution is 2.29. The number of hydrogen-bond acceptors (Lipinski definition) is 4. The number of amides is 2. The normalized spacial score (nSPS) is 17.3. The highest BCUT2D eigenvalue weighted by molar-refractivity contribution is 5.93. The van der Waals surface area contributed by atoms with Crippen molar-refractivity contribution in [1.82, 2.24) is 15.5 Å². The first-order chi connectivity index (χ1) is 12.1. The fourth-order valence-electron chi connectivity index (χ4n) is 2.88. The van der Waals surface area contributed by atoms with Crippen LogP contribution in [0.5, 0.6) is 0 Å². The molecule has 0 saturated heterocycles. The first-order valence-corrected chi connectivity index (χ1v) is 8.50. The minimum absolute atomic E-state index is 0.137. The van der Waals surface area contributed by atoms with Gasteiger partial charge in [-0.25, -0.2) is 14.0 Å². The Hall–Kier alpha value is -2.41. The molecule has 1 aliphatic carbocycles. The van der Waals surface area contributed by atoms with E-state index in [1.54, 1.807) is 25.1 Å². The largest absolute Gasteiger partial charge is 0.463 e. The summed E-state index contributed by atoms with van der Waals surface area (Å²) in [6.45, 7) is 2.95. The van der Waals surface area contributed by atoms with Gasteiger partial charge in [0.25, 0.3) is 0 Å². The Labute approximate surface area is 146 Å². The van der Waals surface area contributed by atoms with E-state index in [9.17, 15) is 14.0 Å². The van der Waals surface area contributed by atoms with E-state index in [0.717, 1.165) is 12.8 Å². The van der Waals surface area contributed by atoms with Crippen LogP contribution in [-0.4, -0.2) is 42.6 Å². The number of esters is 1. The Morgan fingerprint density at radius 3 is 2.76 bits per heavy atom. The lowest BCUT2D eigenvalue weighted by molar-refractivity contribution is -0.138. The smallest absolute Gasteiger partial charge is 0.337 e. The van der Waals surface area contributed by atoms with Crippen molar-refractivity contribution in [2.45, 2.75) is 32.4 Å². The Morgan fingerprint density at radius 1 is 1.32 bits per heavy atom. The number of benzene rings is 1. The van der Waals surface area contributed by atoms with Crippen molar-refractivity contribution in [3.05, 3.63) is 46.9 Å². The first-order valence-electron chi connectivity index (χ1n) is 8.50. The Balaban J connectivity index is 1.80. The maximum Gasteiger partial charge on any atom is 0.337 e. The summed E-state index contributed by atoms with van der Waals surface area (Å²) in [5, 5.41) is 5.30. The summed E-state index contributed by atoms with van der Waals surface area (Å²) in [5.74, 6) is -0.686. The fraction of sp³-hybridized carbons (Fsp3) is 0.444. The second kappa shape index (κ2) is 7.65. The molecule has 0 spiro atoms. The number of carbonyl (C=O) groups excluding carboxylic acids is 2. The quantitative estimate of drug-likeness (QED) is 0.740. The monoisotopic (exact) mass is 347 g/mol. The lowest BCUT2D eigenvalue weighted by Crippen LogP contribution is -2.47. The average Bonchev–Trinajstić information content (AvgIpc) is 3.41. The van der Waals surface area contributed by atoms with Gasteiger partial charge in [-0.05, 0) is 25.8 Å². The molecule has 1 aromatic carbocycles. The molecule has 2 aliphatic rings. The van der Waals surface area contributed by atoms with Crippen molar-refractivity contribution >= 4 is 12.0 Å². The molecule has 3 rings (SSSR count). The van der Waals surface area contributed by atoms with Gasteiger partial charge in [-0.15, -0.1) is 0 Å². The molecule has 1 saturated carbocycles. The zero-order valence-electron chi connectivity index (χ0n) is 14.2. The molecule has 0 bridgehead atoms. The van der Waals surface area contributed by atoms with Gasteiger partial charge in [0, 0.05) is 30.4 Å². The summed E-state index contributed by atoms with van der Waals surface area (Å²) in [4.78, 5) is 25.9. The minimum Gasteiger partial charge on any atom is -0.463 e. The summed E-state index contributed by atoms with van der Waals surface area (Å²) in [6, 6.07) is 6.66. The first kappa shape index (κ1) is 17.4. The third-order valence-electron chi connectivity index (χ3n) is 4.33. The zero-order valence-corrected chi connectivity index (χ0v) is 14.2. The van der Waals surface area contributed by atoms with Crippen LogP contribution in [0.15, 0.2) is 35.5 Å². The molecule has 2 N–H and O–H groups in total. The van der Waals surface area contributed by atoms with Crippen LogP contribution < -0.4 is 10.6 Å². The molecular weight excluding hydrogens is 325 g/mol. The van der Waals surface area contributed by atoms with Crippen molar-refractivity contribution < 1.29 is 18.7 Å². The molecule has 2 amide bonds. The van der Waals surface area contributed by atoms with Crippen molar-refractivity contribution in [3.8, 4) is 0 Å². The summed E-state index contributed by atoms with van der Waals surface area (Å²) < 4.78 is 19.1. The molecule has 0 unspecified atom stereocenters. The summed E-state index contributed by atoms with van der Waals surface area (Å²) in [6.07, 6.45) is 2.06. The maximum atomic E-state index is 14.0. The average molecular weight is 347 g/mol. The van der Waals surface area contributed by atoms with Crippen LogP contribution in [0.4, 0.5) is 9.18 Å². The Kier molecular flexibility index (Phi) is 5.33. The van der Waals surface area contributed by atoms with E-state index in [1.165, 1.54) is 6.07 Å². The molecule has 0 atom stereocenters. The van der Waals surface area contributed by atoms with Gasteiger partial charge >= 0.3 is 12.0 Å². The standard InChI is InChI=1S/C18H22FN3O3/c1-2-25-17(23)14-9-20-18(24)21-16(14)11-22(13-7-8-13)10-12-5-3-4-6-15(12)19/h3-6,13H,2,7-11H2,1H3,(H2,20,21,24). The number of urea groups is 1. The van der Waals surface area contributed by atoms with E-state index in [4.69, 9.17) is 4.74 Å². The number of hydrogen-bond donors (Lipinski definition) is 2. The summed E-state index contributed by atoms with van der Waals surface area (Å²) >= 11 is 0. The highest BCUT2D eigenvalue weighted by Gasteiger charge is 2.32. The van der Waals surface area contributed by atoms with Crippen molar-refractivity contribution in [1.29, 1.82) is 0 Å². The minimum atomic E-state index is -0.438.